The third-order valence-corrected chi connectivity index (χ3v) is 9.17. The van der Waals surface area contributed by atoms with Crippen LogP contribution >= 0.6 is 23.2 Å². The second kappa shape index (κ2) is 5.33. The number of rotatable bonds is 1. The standard InChI is InChI=1S/C21H24Cl2O2/c1-12(24)15-6-7-16-17-5-4-13-10-14(25)8-9-20(13,3)21(17,23)18(22)11-19(15,16)2/h4-5,8-10,15-18H,6-7,11H2,1-3H3/t15-,16+,17+,18?,19-,20+,21+/m1/s1. The lowest BCUT2D eigenvalue weighted by Crippen LogP contribution is -2.63. The van der Waals surface area contributed by atoms with E-state index >= 15 is 0 Å². The van der Waals surface area contributed by atoms with Crippen molar-refractivity contribution >= 4 is 34.8 Å². The number of allylic oxidation sites excluding steroid dienone is 6. The maximum Gasteiger partial charge on any atom is 0.178 e. The Kier molecular flexibility index (Phi) is 3.74. The molecule has 2 saturated carbocycles. The number of halogens is 2. The summed E-state index contributed by atoms with van der Waals surface area (Å²) in [6.45, 7) is 6.03. The van der Waals surface area contributed by atoms with Gasteiger partial charge < -0.3 is 0 Å². The van der Waals surface area contributed by atoms with Crippen molar-refractivity contribution in [1.29, 1.82) is 0 Å². The topological polar surface area (TPSA) is 34.1 Å². The van der Waals surface area contributed by atoms with Crippen molar-refractivity contribution < 1.29 is 9.59 Å². The third kappa shape index (κ3) is 2.04. The predicted octanol–water partition coefficient (Wildman–Crippen LogP) is 4.85. The van der Waals surface area contributed by atoms with Gasteiger partial charge in [0, 0.05) is 17.3 Å². The summed E-state index contributed by atoms with van der Waals surface area (Å²) in [6, 6.07) is 0. The van der Waals surface area contributed by atoms with Crippen LogP contribution < -0.4 is 0 Å². The molecule has 4 rings (SSSR count). The summed E-state index contributed by atoms with van der Waals surface area (Å²) in [7, 11) is 0. The Morgan fingerprint density at radius 3 is 2.64 bits per heavy atom. The molecule has 0 aromatic rings. The lowest BCUT2D eigenvalue weighted by atomic mass is 9.48. The molecule has 0 saturated heterocycles. The van der Waals surface area contributed by atoms with Crippen LogP contribution in [0.25, 0.3) is 0 Å². The average molecular weight is 379 g/mol. The second-order valence-corrected chi connectivity index (χ2v) is 9.87. The van der Waals surface area contributed by atoms with Gasteiger partial charge >= 0.3 is 0 Å². The van der Waals surface area contributed by atoms with Crippen molar-refractivity contribution in [2.75, 3.05) is 0 Å². The smallest absolute Gasteiger partial charge is 0.178 e. The van der Waals surface area contributed by atoms with E-state index in [4.69, 9.17) is 23.2 Å². The number of ketones is 2. The molecule has 0 N–H and O–H groups in total. The Balaban J connectivity index is 1.86. The summed E-state index contributed by atoms with van der Waals surface area (Å²) < 4.78 is 0. The van der Waals surface area contributed by atoms with Gasteiger partial charge in [0.2, 0.25) is 0 Å². The van der Waals surface area contributed by atoms with Crippen molar-refractivity contribution in [3.8, 4) is 0 Å². The van der Waals surface area contributed by atoms with E-state index in [9.17, 15) is 9.59 Å². The summed E-state index contributed by atoms with van der Waals surface area (Å²) in [4.78, 5) is 23.4. The van der Waals surface area contributed by atoms with Crippen LogP contribution in [0.1, 0.15) is 40.0 Å². The molecule has 0 spiro atoms. The van der Waals surface area contributed by atoms with E-state index in [2.05, 4.69) is 26.0 Å². The zero-order valence-corrected chi connectivity index (χ0v) is 16.4. The van der Waals surface area contributed by atoms with Gasteiger partial charge in [0.1, 0.15) is 5.78 Å². The Morgan fingerprint density at radius 2 is 1.96 bits per heavy atom. The highest BCUT2D eigenvalue weighted by molar-refractivity contribution is 6.34. The number of hydrogen-bond acceptors (Lipinski definition) is 2. The normalized spacial score (nSPS) is 50.8. The minimum absolute atomic E-state index is 0.000113. The molecule has 25 heavy (non-hydrogen) atoms. The summed E-state index contributed by atoms with van der Waals surface area (Å²) in [5.74, 6) is 0.779. The number of fused-ring (bicyclic) bond motifs is 5. The predicted molar refractivity (Wildman–Crippen MR) is 101 cm³/mol. The van der Waals surface area contributed by atoms with Crippen molar-refractivity contribution in [3.05, 3.63) is 36.0 Å². The minimum atomic E-state index is -0.678. The van der Waals surface area contributed by atoms with Crippen molar-refractivity contribution in [2.45, 2.75) is 50.3 Å². The molecule has 0 amide bonds. The van der Waals surface area contributed by atoms with Crippen LogP contribution in [0, 0.1) is 28.6 Å². The molecule has 0 aromatic heterocycles. The summed E-state index contributed by atoms with van der Waals surface area (Å²) in [6.07, 6.45) is 12.1. The van der Waals surface area contributed by atoms with Crippen LogP contribution in [-0.4, -0.2) is 21.8 Å². The zero-order valence-electron chi connectivity index (χ0n) is 14.9. The number of hydrogen-bond donors (Lipinski definition) is 0. The lowest BCUT2D eigenvalue weighted by molar-refractivity contribution is -0.125. The molecule has 0 radical (unpaired) electrons. The van der Waals surface area contributed by atoms with Gasteiger partial charge in [0.15, 0.2) is 5.78 Å². The molecule has 2 fully saturated rings. The van der Waals surface area contributed by atoms with Gasteiger partial charge in [0.05, 0.1) is 10.3 Å². The molecular weight excluding hydrogens is 355 g/mol. The van der Waals surface area contributed by atoms with Crippen molar-refractivity contribution in [3.63, 3.8) is 0 Å². The highest BCUT2D eigenvalue weighted by Crippen LogP contribution is 2.69. The van der Waals surface area contributed by atoms with Crippen LogP contribution in [0.5, 0.6) is 0 Å². The van der Waals surface area contributed by atoms with E-state index in [1.807, 2.05) is 6.08 Å². The Hall–Kier alpha value is -0.860. The molecule has 0 heterocycles. The first-order valence-corrected chi connectivity index (χ1v) is 9.93. The van der Waals surface area contributed by atoms with Gasteiger partial charge in [0.25, 0.3) is 0 Å². The first-order chi connectivity index (χ1) is 11.6. The molecule has 0 bridgehead atoms. The largest absolute Gasteiger partial charge is 0.300 e. The molecule has 2 nitrogen and oxygen atoms in total. The second-order valence-electron chi connectivity index (χ2n) is 8.72. The van der Waals surface area contributed by atoms with Gasteiger partial charge in [-0.3, -0.25) is 9.59 Å². The number of carbonyl (C=O) groups is 2. The molecule has 4 aliphatic carbocycles. The number of Topliss-reactive ketones (excluding diaryl/α,β-unsaturated/α-hetero) is 1. The average Bonchev–Trinajstić information content (AvgIpc) is 2.87. The monoisotopic (exact) mass is 378 g/mol. The summed E-state index contributed by atoms with van der Waals surface area (Å²) in [5.41, 5.74) is 0.378. The van der Waals surface area contributed by atoms with E-state index in [-0.39, 0.29) is 34.2 Å². The first-order valence-electron chi connectivity index (χ1n) is 9.11. The molecule has 134 valence electrons. The molecule has 1 unspecified atom stereocenters. The van der Waals surface area contributed by atoms with Crippen LogP contribution in [0.15, 0.2) is 36.0 Å². The summed E-state index contributed by atoms with van der Waals surface area (Å²) >= 11 is 14.4. The highest BCUT2D eigenvalue weighted by Gasteiger charge is 2.68. The van der Waals surface area contributed by atoms with E-state index in [0.29, 0.717) is 5.92 Å². The fraction of sp³-hybridized carbons (Fsp3) is 0.619. The first kappa shape index (κ1) is 17.5. The summed E-state index contributed by atoms with van der Waals surface area (Å²) in [5, 5.41) is -0.267. The maximum absolute atomic E-state index is 12.2. The molecule has 0 aromatic carbocycles. The Bertz CT molecular complexity index is 751. The molecule has 0 aliphatic heterocycles. The fourth-order valence-electron chi connectivity index (χ4n) is 6.27. The van der Waals surface area contributed by atoms with Crippen molar-refractivity contribution in [1.82, 2.24) is 0 Å². The SMILES string of the molecule is CC(=O)[C@H]1CC[C@H]2[C@@H]3C=CC4=CC(=O)C=C[C@]4(C)[C@@]3(Cl)C(Cl)C[C@]12C. The lowest BCUT2D eigenvalue weighted by Gasteiger charge is -2.61. The van der Waals surface area contributed by atoms with Crippen LogP contribution in [0.4, 0.5) is 0 Å². The van der Waals surface area contributed by atoms with E-state index in [1.165, 1.54) is 0 Å². The van der Waals surface area contributed by atoms with Crippen molar-refractivity contribution in [2.24, 2.45) is 28.6 Å². The Labute approximate surface area is 159 Å². The van der Waals surface area contributed by atoms with Gasteiger partial charge in [-0.15, -0.1) is 23.2 Å². The quantitative estimate of drug-likeness (QED) is 0.610. The number of carbonyl (C=O) groups excluding carboxylic acids is 2. The molecule has 4 heteroatoms. The molecule has 7 atom stereocenters. The maximum atomic E-state index is 12.2. The van der Waals surface area contributed by atoms with Crippen LogP contribution in [-0.2, 0) is 9.59 Å². The highest BCUT2D eigenvalue weighted by atomic mass is 35.5. The van der Waals surface area contributed by atoms with Gasteiger partial charge in [-0.25, -0.2) is 0 Å². The number of alkyl halides is 2. The Morgan fingerprint density at radius 1 is 1.24 bits per heavy atom. The zero-order chi connectivity index (χ0) is 18.2. The van der Waals surface area contributed by atoms with E-state index in [0.717, 1.165) is 24.8 Å². The van der Waals surface area contributed by atoms with Crippen LogP contribution in [0.2, 0.25) is 0 Å². The van der Waals surface area contributed by atoms with E-state index in [1.54, 1.807) is 19.1 Å². The molecular formula is C21H24Cl2O2. The van der Waals surface area contributed by atoms with Gasteiger partial charge in [-0.1, -0.05) is 32.1 Å². The fourth-order valence-corrected chi connectivity index (χ4v) is 7.45. The third-order valence-electron chi connectivity index (χ3n) is 7.65. The van der Waals surface area contributed by atoms with Gasteiger partial charge in [-0.05, 0) is 55.2 Å². The van der Waals surface area contributed by atoms with Gasteiger partial charge in [-0.2, -0.15) is 0 Å². The van der Waals surface area contributed by atoms with E-state index < -0.39 is 10.3 Å². The van der Waals surface area contributed by atoms with Crippen LogP contribution in [0.3, 0.4) is 0 Å². The molecule has 4 aliphatic rings. The minimum Gasteiger partial charge on any atom is -0.300 e.